The van der Waals surface area contributed by atoms with E-state index in [9.17, 15) is 4.79 Å². The van der Waals surface area contributed by atoms with Crippen LogP contribution >= 0.6 is 0 Å². The lowest BCUT2D eigenvalue weighted by Gasteiger charge is -2.43. The molecule has 0 bridgehead atoms. The number of amides is 1. The zero-order valence-corrected chi connectivity index (χ0v) is 11.3. The predicted octanol–water partition coefficient (Wildman–Crippen LogP) is 2.53. The van der Waals surface area contributed by atoms with E-state index in [1.807, 2.05) is 6.07 Å². The molecule has 0 N–H and O–H groups in total. The number of benzene rings is 1. The Morgan fingerprint density at radius 2 is 1.95 bits per heavy atom. The van der Waals surface area contributed by atoms with Gasteiger partial charge in [-0.15, -0.1) is 0 Å². The molecule has 1 saturated carbocycles. The number of nitrogens with zero attached hydrogens (tertiary/aromatic N) is 1. The minimum atomic E-state index is 0.198. The lowest BCUT2D eigenvalue weighted by Crippen LogP contribution is -2.47. The van der Waals surface area contributed by atoms with E-state index in [4.69, 9.17) is 9.47 Å². The molecule has 0 radical (unpaired) electrons. The summed E-state index contributed by atoms with van der Waals surface area (Å²) in [5.74, 6) is 2.94. The van der Waals surface area contributed by atoms with Crippen LogP contribution in [-0.2, 0) is 0 Å². The van der Waals surface area contributed by atoms with Crippen LogP contribution in [0.5, 0.6) is 11.5 Å². The van der Waals surface area contributed by atoms with Gasteiger partial charge in [-0.25, -0.2) is 0 Å². The molecule has 4 nitrogen and oxygen atoms in total. The van der Waals surface area contributed by atoms with Crippen molar-refractivity contribution in [1.29, 1.82) is 0 Å². The summed E-state index contributed by atoms with van der Waals surface area (Å²) in [7, 11) is 0. The van der Waals surface area contributed by atoms with E-state index >= 15 is 0 Å². The Bertz CT molecular complexity index is 612. The highest BCUT2D eigenvalue weighted by Crippen LogP contribution is 2.51. The fourth-order valence-electron chi connectivity index (χ4n) is 4.69. The number of hydrogen-bond donors (Lipinski definition) is 0. The van der Waals surface area contributed by atoms with Crippen LogP contribution in [0.1, 0.15) is 47.5 Å². The average molecular weight is 271 g/mol. The number of hydrogen-bond acceptors (Lipinski definition) is 3. The van der Waals surface area contributed by atoms with Gasteiger partial charge in [0.25, 0.3) is 5.91 Å². The summed E-state index contributed by atoms with van der Waals surface area (Å²) in [6.45, 7) is 1.20. The van der Waals surface area contributed by atoms with Crippen LogP contribution in [0.15, 0.2) is 12.1 Å². The van der Waals surface area contributed by atoms with E-state index in [-0.39, 0.29) is 12.7 Å². The molecule has 1 aromatic rings. The molecule has 0 spiro atoms. The summed E-state index contributed by atoms with van der Waals surface area (Å²) in [5.41, 5.74) is 2.05. The average Bonchev–Trinajstić information content (AvgIpc) is 3.10. The second-order valence-electron chi connectivity index (χ2n) is 6.37. The molecule has 3 aliphatic heterocycles. The van der Waals surface area contributed by atoms with E-state index in [2.05, 4.69) is 11.0 Å². The third kappa shape index (κ3) is 1.25. The normalized spacial score (nSPS) is 33.1. The van der Waals surface area contributed by atoms with Crippen molar-refractivity contribution < 1.29 is 14.3 Å². The van der Waals surface area contributed by atoms with Crippen LogP contribution in [-0.4, -0.2) is 30.2 Å². The van der Waals surface area contributed by atoms with Gasteiger partial charge < -0.3 is 14.4 Å². The van der Waals surface area contributed by atoms with Gasteiger partial charge in [0.15, 0.2) is 11.5 Å². The molecule has 104 valence electrons. The zero-order chi connectivity index (χ0) is 13.3. The molecule has 1 saturated heterocycles. The Balaban J connectivity index is 1.71. The van der Waals surface area contributed by atoms with Crippen molar-refractivity contribution in [3.63, 3.8) is 0 Å². The minimum absolute atomic E-state index is 0.198. The van der Waals surface area contributed by atoms with Gasteiger partial charge in [-0.2, -0.15) is 0 Å². The summed E-state index contributed by atoms with van der Waals surface area (Å²) in [5, 5.41) is 0. The van der Waals surface area contributed by atoms with Crippen LogP contribution in [0.25, 0.3) is 0 Å². The molecule has 0 unspecified atom stereocenters. The van der Waals surface area contributed by atoms with Crippen LogP contribution in [0, 0.1) is 5.92 Å². The molecule has 1 aliphatic carbocycles. The summed E-state index contributed by atoms with van der Waals surface area (Å²) in [6, 6.07) is 4.40. The van der Waals surface area contributed by atoms with E-state index in [1.54, 1.807) is 0 Å². The molecule has 4 aliphatic rings. The van der Waals surface area contributed by atoms with Crippen molar-refractivity contribution in [1.82, 2.24) is 4.90 Å². The smallest absolute Gasteiger partial charge is 0.254 e. The Kier molecular flexibility index (Phi) is 2.03. The monoisotopic (exact) mass is 271 g/mol. The molecule has 3 atom stereocenters. The number of carbonyl (C=O) groups is 1. The molecular formula is C16H17NO3. The third-order valence-corrected chi connectivity index (χ3v) is 5.52. The van der Waals surface area contributed by atoms with Gasteiger partial charge in [-0.05, 0) is 42.9 Å². The SMILES string of the molecule is O=C1c2cc3c(cc2[C@H]2CCC[C@@H]4CCN1[C@H]42)OCO3. The Labute approximate surface area is 117 Å². The first-order chi connectivity index (χ1) is 9.83. The van der Waals surface area contributed by atoms with E-state index in [1.165, 1.54) is 31.2 Å². The van der Waals surface area contributed by atoms with Crippen LogP contribution in [0.4, 0.5) is 0 Å². The summed E-state index contributed by atoms with van der Waals surface area (Å²) in [4.78, 5) is 14.9. The summed E-state index contributed by atoms with van der Waals surface area (Å²) < 4.78 is 10.9. The first-order valence-corrected chi connectivity index (χ1v) is 7.57. The number of fused-ring (bicyclic) bond motifs is 3. The van der Waals surface area contributed by atoms with Gasteiger partial charge in [0, 0.05) is 24.1 Å². The lowest BCUT2D eigenvalue weighted by atomic mass is 9.71. The molecular weight excluding hydrogens is 254 g/mol. The Morgan fingerprint density at radius 3 is 2.85 bits per heavy atom. The topological polar surface area (TPSA) is 38.8 Å². The quantitative estimate of drug-likeness (QED) is 0.728. The van der Waals surface area contributed by atoms with Crippen LogP contribution in [0.2, 0.25) is 0 Å². The molecule has 20 heavy (non-hydrogen) atoms. The molecule has 4 heteroatoms. The highest BCUT2D eigenvalue weighted by molar-refractivity contribution is 5.98. The van der Waals surface area contributed by atoms with Crippen LogP contribution < -0.4 is 9.47 Å². The largest absolute Gasteiger partial charge is 0.454 e. The van der Waals surface area contributed by atoms with Crippen molar-refractivity contribution in [2.45, 2.75) is 37.6 Å². The van der Waals surface area contributed by atoms with E-state index in [0.29, 0.717) is 17.9 Å². The summed E-state index contributed by atoms with van der Waals surface area (Å²) >= 11 is 0. The maximum absolute atomic E-state index is 12.8. The second-order valence-corrected chi connectivity index (χ2v) is 6.37. The van der Waals surface area contributed by atoms with Gasteiger partial charge in [-0.3, -0.25) is 4.79 Å². The Hall–Kier alpha value is -1.71. The van der Waals surface area contributed by atoms with Crippen LogP contribution in [0.3, 0.4) is 0 Å². The number of carbonyl (C=O) groups excluding carboxylic acids is 1. The van der Waals surface area contributed by atoms with Gasteiger partial charge in [0.2, 0.25) is 6.79 Å². The van der Waals surface area contributed by atoms with Crippen molar-refractivity contribution in [3.8, 4) is 11.5 Å². The fraction of sp³-hybridized carbons (Fsp3) is 0.562. The van der Waals surface area contributed by atoms with Gasteiger partial charge in [0.1, 0.15) is 0 Å². The van der Waals surface area contributed by atoms with Gasteiger partial charge >= 0.3 is 0 Å². The van der Waals surface area contributed by atoms with Gasteiger partial charge in [-0.1, -0.05) is 6.42 Å². The molecule has 5 rings (SSSR count). The molecule has 1 amide bonds. The third-order valence-electron chi connectivity index (χ3n) is 5.52. The van der Waals surface area contributed by atoms with Gasteiger partial charge in [0.05, 0.1) is 0 Å². The number of rotatable bonds is 0. The summed E-state index contributed by atoms with van der Waals surface area (Å²) in [6.07, 6.45) is 4.93. The predicted molar refractivity (Wildman–Crippen MR) is 72.1 cm³/mol. The molecule has 1 aromatic carbocycles. The van der Waals surface area contributed by atoms with E-state index in [0.717, 1.165) is 23.6 Å². The number of ether oxygens (including phenoxy) is 2. The van der Waals surface area contributed by atoms with E-state index < -0.39 is 0 Å². The molecule has 2 fully saturated rings. The maximum Gasteiger partial charge on any atom is 0.254 e. The maximum atomic E-state index is 12.8. The highest BCUT2D eigenvalue weighted by Gasteiger charge is 2.49. The molecule has 0 aromatic heterocycles. The Morgan fingerprint density at radius 1 is 1.10 bits per heavy atom. The second kappa shape index (κ2) is 3.68. The highest BCUT2D eigenvalue weighted by atomic mass is 16.7. The van der Waals surface area contributed by atoms with Crippen molar-refractivity contribution >= 4 is 5.91 Å². The standard InChI is InChI=1S/C16H17NO3/c18-16-12-7-14-13(19-8-20-14)6-11(12)10-3-1-2-9-4-5-17(16)15(9)10/h6-7,9-10,15H,1-5,8H2/t9-,10-,15-/m1/s1. The first kappa shape index (κ1) is 11.0. The van der Waals surface area contributed by atoms with Crippen molar-refractivity contribution in [2.24, 2.45) is 5.92 Å². The molecule has 3 heterocycles. The van der Waals surface area contributed by atoms with Crippen molar-refractivity contribution in [2.75, 3.05) is 13.3 Å². The first-order valence-electron chi connectivity index (χ1n) is 7.57. The zero-order valence-electron chi connectivity index (χ0n) is 11.3. The fourth-order valence-corrected chi connectivity index (χ4v) is 4.69. The lowest BCUT2D eigenvalue weighted by molar-refractivity contribution is 0.0619. The minimum Gasteiger partial charge on any atom is -0.454 e. The van der Waals surface area contributed by atoms with Crippen molar-refractivity contribution in [3.05, 3.63) is 23.3 Å².